The molecule has 1 aromatic rings. The van der Waals surface area contributed by atoms with Crippen molar-refractivity contribution in [3.63, 3.8) is 0 Å². The highest BCUT2D eigenvalue weighted by Crippen LogP contribution is 2.26. The molecule has 2 rings (SSSR count). The third-order valence-electron chi connectivity index (χ3n) is 3.47. The van der Waals surface area contributed by atoms with Gasteiger partial charge in [-0.15, -0.1) is 11.8 Å². The Labute approximate surface area is 125 Å². The number of piperidine rings is 1. The van der Waals surface area contributed by atoms with Crippen molar-refractivity contribution >= 4 is 22.0 Å². The molecule has 0 spiro atoms. The van der Waals surface area contributed by atoms with Crippen LogP contribution in [0.2, 0.25) is 0 Å². The summed E-state index contributed by atoms with van der Waals surface area (Å²) in [5, 5.41) is 1.04. The first-order valence-corrected chi connectivity index (χ1v) is 9.10. The highest BCUT2D eigenvalue weighted by molar-refractivity contribution is 7.99. The zero-order valence-corrected chi connectivity index (χ0v) is 13.5. The van der Waals surface area contributed by atoms with Crippen LogP contribution in [0.4, 0.5) is 0 Å². The Morgan fingerprint density at radius 3 is 2.60 bits per heavy atom. The summed E-state index contributed by atoms with van der Waals surface area (Å²) in [6.07, 6.45) is 3.65. The standard InChI is InChI=1S/C13H21N3O2S2/c1-15(2)20(17,18)16-9-6-12(7-10-16)11-19-13-5-3-4-8-14-13/h3-5,8,12H,6-7,9-11H2,1-2H3. The number of rotatable bonds is 5. The lowest BCUT2D eigenvalue weighted by atomic mass is 10.0. The van der Waals surface area contributed by atoms with Gasteiger partial charge < -0.3 is 0 Å². The SMILES string of the molecule is CN(C)S(=O)(=O)N1CCC(CSc2ccccn2)CC1. The highest BCUT2D eigenvalue weighted by Gasteiger charge is 2.29. The smallest absolute Gasteiger partial charge is 0.250 e. The Balaban J connectivity index is 1.80. The molecule has 0 radical (unpaired) electrons. The van der Waals surface area contributed by atoms with Gasteiger partial charge in [-0.25, -0.2) is 4.98 Å². The Bertz CT molecular complexity index is 512. The molecule has 112 valence electrons. The molecule has 0 amide bonds. The van der Waals surface area contributed by atoms with Crippen LogP contribution in [0.5, 0.6) is 0 Å². The quantitative estimate of drug-likeness (QED) is 0.776. The molecule has 1 aliphatic rings. The van der Waals surface area contributed by atoms with E-state index in [4.69, 9.17) is 0 Å². The molecule has 1 aliphatic heterocycles. The van der Waals surface area contributed by atoms with E-state index >= 15 is 0 Å². The molecule has 0 N–H and O–H groups in total. The van der Waals surface area contributed by atoms with Crippen LogP contribution in [0.25, 0.3) is 0 Å². The predicted octanol–water partition coefficient (Wildman–Crippen LogP) is 1.69. The van der Waals surface area contributed by atoms with E-state index in [0.717, 1.165) is 23.6 Å². The summed E-state index contributed by atoms with van der Waals surface area (Å²) < 4.78 is 26.9. The van der Waals surface area contributed by atoms with Crippen LogP contribution < -0.4 is 0 Å². The van der Waals surface area contributed by atoms with Crippen LogP contribution in [0, 0.1) is 5.92 Å². The molecule has 1 aromatic heterocycles. The average Bonchev–Trinajstić information content (AvgIpc) is 2.46. The van der Waals surface area contributed by atoms with E-state index in [2.05, 4.69) is 4.98 Å². The van der Waals surface area contributed by atoms with E-state index < -0.39 is 10.2 Å². The van der Waals surface area contributed by atoms with Gasteiger partial charge in [-0.1, -0.05) is 6.07 Å². The van der Waals surface area contributed by atoms with Gasteiger partial charge in [0.1, 0.15) is 0 Å². The molecular weight excluding hydrogens is 294 g/mol. The fraction of sp³-hybridized carbons (Fsp3) is 0.615. The lowest BCUT2D eigenvalue weighted by Gasteiger charge is -2.32. The summed E-state index contributed by atoms with van der Waals surface area (Å²) in [5.41, 5.74) is 0. The van der Waals surface area contributed by atoms with Crippen LogP contribution >= 0.6 is 11.8 Å². The first-order valence-electron chi connectivity index (χ1n) is 6.71. The maximum Gasteiger partial charge on any atom is 0.281 e. The Morgan fingerprint density at radius 2 is 2.05 bits per heavy atom. The Hall–Kier alpha value is -0.630. The van der Waals surface area contributed by atoms with Crippen molar-refractivity contribution in [1.82, 2.24) is 13.6 Å². The summed E-state index contributed by atoms with van der Waals surface area (Å²) in [4.78, 5) is 4.29. The number of hydrogen-bond acceptors (Lipinski definition) is 4. The van der Waals surface area contributed by atoms with Gasteiger partial charge in [0.25, 0.3) is 10.2 Å². The molecule has 0 saturated carbocycles. The summed E-state index contributed by atoms with van der Waals surface area (Å²) in [5.74, 6) is 1.57. The fourth-order valence-corrected chi connectivity index (χ4v) is 4.36. The molecule has 0 unspecified atom stereocenters. The maximum atomic E-state index is 12.0. The van der Waals surface area contributed by atoms with Crippen molar-refractivity contribution in [2.75, 3.05) is 32.9 Å². The largest absolute Gasteiger partial charge is 0.281 e. The predicted molar refractivity (Wildman–Crippen MR) is 81.9 cm³/mol. The van der Waals surface area contributed by atoms with Gasteiger partial charge in [-0.05, 0) is 30.9 Å². The van der Waals surface area contributed by atoms with Crippen LogP contribution in [0.3, 0.4) is 0 Å². The minimum absolute atomic E-state index is 0.565. The molecule has 5 nitrogen and oxygen atoms in total. The van der Waals surface area contributed by atoms with Gasteiger partial charge in [0.2, 0.25) is 0 Å². The molecule has 2 heterocycles. The monoisotopic (exact) mass is 315 g/mol. The third-order valence-corrected chi connectivity index (χ3v) is 6.58. The molecular formula is C13H21N3O2S2. The van der Waals surface area contributed by atoms with Crippen molar-refractivity contribution in [2.24, 2.45) is 5.92 Å². The van der Waals surface area contributed by atoms with Crippen LogP contribution in [0.15, 0.2) is 29.4 Å². The Morgan fingerprint density at radius 1 is 1.35 bits per heavy atom. The van der Waals surface area contributed by atoms with E-state index in [1.165, 1.54) is 4.31 Å². The van der Waals surface area contributed by atoms with Gasteiger partial charge in [0.05, 0.1) is 5.03 Å². The van der Waals surface area contributed by atoms with Crippen molar-refractivity contribution in [3.8, 4) is 0 Å². The minimum atomic E-state index is -3.24. The van der Waals surface area contributed by atoms with Crippen molar-refractivity contribution in [2.45, 2.75) is 17.9 Å². The van der Waals surface area contributed by atoms with Crippen molar-refractivity contribution in [3.05, 3.63) is 24.4 Å². The molecule has 0 aliphatic carbocycles. The lowest BCUT2D eigenvalue weighted by Crippen LogP contribution is -2.44. The molecule has 0 bridgehead atoms. The van der Waals surface area contributed by atoms with Crippen LogP contribution in [-0.4, -0.2) is 54.9 Å². The highest BCUT2D eigenvalue weighted by atomic mass is 32.2. The number of thioether (sulfide) groups is 1. The van der Waals surface area contributed by atoms with E-state index in [0.29, 0.717) is 19.0 Å². The number of hydrogen-bond donors (Lipinski definition) is 0. The second-order valence-electron chi connectivity index (χ2n) is 5.11. The third kappa shape index (κ3) is 3.94. The fourth-order valence-electron chi connectivity index (χ4n) is 2.17. The second kappa shape index (κ2) is 6.89. The Kier molecular flexibility index (Phi) is 5.42. The number of aromatic nitrogens is 1. The minimum Gasteiger partial charge on any atom is -0.250 e. The summed E-state index contributed by atoms with van der Waals surface area (Å²) in [6, 6.07) is 5.91. The molecule has 20 heavy (non-hydrogen) atoms. The topological polar surface area (TPSA) is 53.5 Å². The van der Waals surface area contributed by atoms with E-state index in [1.54, 1.807) is 36.4 Å². The molecule has 7 heteroatoms. The van der Waals surface area contributed by atoms with Crippen molar-refractivity contribution < 1.29 is 8.42 Å². The first kappa shape index (κ1) is 15.8. The first-order chi connectivity index (χ1) is 9.50. The van der Waals surface area contributed by atoms with Gasteiger partial charge in [0, 0.05) is 39.1 Å². The van der Waals surface area contributed by atoms with E-state index in [9.17, 15) is 8.42 Å². The average molecular weight is 315 g/mol. The lowest BCUT2D eigenvalue weighted by molar-refractivity contribution is 0.278. The van der Waals surface area contributed by atoms with Crippen LogP contribution in [0.1, 0.15) is 12.8 Å². The summed E-state index contributed by atoms with van der Waals surface area (Å²) >= 11 is 1.75. The molecule has 1 saturated heterocycles. The van der Waals surface area contributed by atoms with Gasteiger partial charge in [-0.2, -0.15) is 17.0 Å². The zero-order valence-electron chi connectivity index (χ0n) is 11.9. The van der Waals surface area contributed by atoms with Gasteiger partial charge in [0.15, 0.2) is 0 Å². The zero-order chi connectivity index (χ0) is 14.6. The molecule has 1 fully saturated rings. The molecule has 0 atom stereocenters. The number of nitrogens with zero attached hydrogens (tertiary/aromatic N) is 3. The van der Waals surface area contributed by atoms with E-state index in [1.807, 2.05) is 18.2 Å². The van der Waals surface area contributed by atoms with Crippen LogP contribution in [-0.2, 0) is 10.2 Å². The second-order valence-corrected chi connectivity index (χ2v) is 8.29. The normalized spacial score (nSPS) is 18.6. The van der Waals surface area contributed by atoms with Gasteiger partial charge >= 0.3 is 0 Å². The molecule has 0 aromatic carbocycles. The van der Waals surface area contributed by atoms with Gasteiger partial charge in [-0.3, -0.25) is 0 Å². The van der Waals surface area contributed by atoms with E-state index in [-0.39, 0.29) is 0 Å². The van der Waals surface area contributed by atoms with Crippen molar-refractivity contribution in [1.29, 1.82) is 0 Å². The number of pyridine rings is 1. The summed E-state index contributed by atoms with van der Waals surface area (Å²) in [6.45, 7) is 1.24. The maximum absolute atomic E-state index is 12.0. The summed E-state index contributed by atoms with van der Waals surface area (Å²) in [7, 11) is -0.0796.